The van der Waals surface area contributed by atoms with E-state index in [0.717, 1.165) is 4.90 Å². The molecular formula is C22H23N3O6S. The number of imide groups is 1. The van der Waals surface area contributed by atoms with Gasteiger partial charge in [0.05, 0.1) is 28.2 Å². The van der Waals surface area contributed by atoms with Crippen LogP contribution in [0.2, 0.25) is 0 Å². The van der Waals surface area contributed by atoms with Gasteiger partial charge < -0.3 is 10.1 Å². The molecule has 0 spiro atoms. The van der Waals surface area contributed by atoms with E-state index in [2.05, 4.69) is 5.32 Å². The summed E-state index contributed by atoms with van der Waals surface area (Å²) in [5, 5.41) is 2.60. The van der Waals surface area contributed by atoms with E-state index in [1.807, 2.05) is 13.8 Å². The zero-order valence-corrected chi connectivity index (χ0v) is 18.5. The minimum Gasteiger partial charge on any atom is -0.373 e. The van der Waals surface area contributed by atoms with Crippen molar-refractivity contribution >= 4 is 33.4 Å². The van der Waals surface area contributed by atoms with Gasteiger partial charge in [-0.1, -0.05) is 12.1 Å². The van der Waals surface area contributed by atoms with E-state index in [0.29, 0.717) is 5.69 Å². The predicted octanol–water partition coefficient (Wildman–Crippen LogP) is 1.72. The smallest absolute Gasteiger partial charge is 0.262 e. The van der Waals surface area contributed by atoms with Gasteiger partial charge in [0.2, 0.25) is 15.9 Å². The van der Waals surface area contributed by atoms with Gasteiger partial charge >= 0.3 is 0 Å². The Kier molecular flexibility index (Phi) is 5.85. The molecule has 2 aromatic carbocycles. The number of sulfonamides is 1. The minimum absolute atomic E-state index is 0.108. The Hall–Kier alpha value is -3.08. The van der Waals surface area contributed by atoms with E-state index in [1.54, 1.807) is 24.3 Å². The van der Waals surface area contributed by atoms with Crippen molar-refractivity contribution in [3.63, 3.8) is 0 Å². The lowest BCUT2D eigenvalue weighted by molar-refractivity contribution is -0.116. The van der Waals surface area contributed by atoms with Gasteiger partial charge in [0.1, 0.15) is 6.54 Å². The molecular weight excluding hydrogens is 434 g/mol. The van der Waals surface area contributed by atoms with Crippen LogP contribution in [0.3, 0.4) is 0 Å². The largest absolute Gasteiger partial charge is 0.373 e. The third kappa shape index (κ3) is 4.16. The second kappa shape index (κ2) is 8.45. The minimum atomic E-state index is -3.69. The number of carbonyl (C=O) groups excluding carboxylic acids is 3. The number of hydrogen-bond acceptors (Lipinski definition) is 6. The molecule has 2 aliphatic heterocycles. The Morgan fingerprint density at radius 2 is 1.50 bits per heavy atom. The van der Waals surface area contributed by atoms with Crippen molar-refractivity contribution in [1.29, 1.82) is 0 Å². The Labute approximate surface area is 186 Å². The van der Waals surface area contributed by atoms with Crippen LogP contribution in [0.4, 0.5) is 5.69 Å². The number of nitrogens with one attached hydrogen (secondary N) is 1. The maximum absolute atomic E-state index is 12.9. The van der Waals surface area contributed by atoms with Crippen molar-refractivity contribution in [3.8, 4) is 0 Å². The van der Waals surface area contributed by atoms with E-state index in [1.165, 1.54) is 28.6 Å². The average Bonchev–Trinajstić information content (AvgIpc) is 2.98. The van der Waals surface area contributed by atoms with Crippen LogP contribution in [0, 0.1) is 0 Å². The Bertz CT molecular complexity index is 1130. The van der Waals surface area contributed by atoms with Crippen LogP contribution in [-0.4, -0.2) is 67.2 Å². The predicted molar refractivity (Wildman–Crippen MR) is 116 cm³/mol. The summed E-state index contributed by atoms with van der Waals surface area (Å²) in [5.41, 5.74) is 0.896. The fourth-order valence-electron chi connectivity index (χ4n) is 3.91. The summed E-state index contributed by atoms with van der Waals surface area (Å²) in [4.78, 5) is 38.2. The van der Waals surface area contributed by atoms with Gasteiger partial charge in [-0.15, -0.1) is 0 Å². The van der Waals surface area contributed by atoms with E-state index in [4.69, 9.17) is 4.74 Å². The molecule has 1 saturated heterocycles. The first-order valence-corrected chi connectivity index (χ1v) is 11.6. The average molecular weight is 458 g/mol. The molecule has 0 saturated carbocycles. The van der Waals surface area contributed by atoms with Gasteiger partial charge in [0.25, 0.3) is 11.8 Å². The van der Waals surface area contributed by atoms with E-state index in [-0.39, 0.29) is 41.3 Å². The van der Waals surface area contributed by atoms with Crippen LogP contribution >= 0.6 is 0 Å². The lowest BCUT2D eigenvalue weighted by atomic mass is 10.1. The molecule has 1 fully saturated rings. The number of hydrogen-bond donors (Lipinski definition) is 1. The molecule has 0 aliphatic carbocycles. The fourth-order valence-corrected chi connectivity index (χ4v) is 5.50. The summed E-state index contributed by atoms with van der Waals surface area (Å²) in [5.74, 6) is -1.60. The van der Waals surface area contributed by atoms with E-state index >= 15 is 0 Å². The van der Waals surface area contributed by atoms with Crippen molar-refractivity contribution < 1.29 is 27.5 Å². The van der Waals surface area contributed by atoms with E-state index in [9.17, 15) is 22.8 Å². The number of fused-ring (bicyclic) bond motifs is 1. The second-order valence-electron chi connectivity index (χ2n) is 7.89. The molecule has 10 heteroatoms. The number of benzene rings is 2. The number of rotatable bonds is 5. The highest BCUT2D eigenvalue weighted by Crippen LogP contribution is 2.24. The number of ether oxygens (including phenoxy) is 1. The Morgan fingerprint density at radius 1 is 0.969 bits per heavy atom. The number of anilines is 1. The molecule has 168 valence electrons. The quantitative estimate of drug-likeness (QED) is 0.684. The monoisotopic (exact) mass is 457 g/mol. The first kappa shape index (κ1) is 22.1. The highest BCUT2D eigenvalue weighted by atomic mass is 32.2. The summed E-state index contributed by atoms with van der Waals surface area (Å²) in [6.07, 6.45) is -0.400. The summed E-state index contributed by atoms with van der Waals surface area (Å²) >= 11 is 0. The van der Waals surface area contributed by atoms with E-state index < -0.39 is 34.3 Å². The van der Waals surface area contributed by atoms with Crippen LogP contribution in [-0.2, 0) is 19.6 Å². The van der Waals surface area contributed by atoms with Crippen LogP contribution in [0.5, 0.6) is 0 Å². The Balaban J connectivity index is 1.41. The van der Waals surface area contributed by atoms with Gasteiger partial charge in [-0.05, 0) is 50.2 Å². The topological polar surface area (TPSA) is 113 Å². The van der Waals surface area contributed by atoms with Gasteiger partial charge in [-0.2, -0.15) is 4.31 Å². The molecule has 0 radical (unpaired) electrons. The number of carbonyl (C=O) groups is 3. The number of amides is 3. The van der Waals surface area contributed by atoms with Crippen molar-refractivity contribution in [3.05, 3.63) is 59.7 Å². The molecule has 2 heterocycles. The third-order valence-corrected chi connectivity index (χ3v) is 7.19. The molecule has 2 aliphatic rings. The summed E-state index contributed by atoms with van der Waals surface area (Å²) in [6, 6.07) is 12.2. The summed E-state index contributed by atoms with van der Waals surface area (Å²) < 4.78 is 32.8. The molecule has 4 rings (SSSR count). The maximum Gasteiger partial charge on any atom is 0.262 e. The molecule has 32 heavy (non-hydrogen) atoms. The van der Waals surface area contributed by atoms with Crippen LogP contribution in [0.15, 0.2) is 53.4 Å². The normalized spacial score (nSPS) is 21.5. The molecule has 3 amide bonds. The standard InChI is InChI=1S/C22H23N3O6S/c1-14-11-24(12-15(2)31-14)32(29,30)17-9-7-16(8-10-17)23-20(26)13-25-21(27)18-5-3-4-6-19(18)22(25)28/h3-10,14-15H,11-13H2,1-2H3,(H,23,26). The lowest BCUT2D eigenvalue weighted by Crippen LogP contribution is -2.48. The summed E-state index contributed by atoms with van der Waals surface area (Å²) in [7, 11) is -3.69. The second-order valence-corrected chi connectivity index (χ2v) is 9.83. The molecule has 0 aromatic heterocycles. The van der Waals surface area contributed by atoms with Gasteiger partial charge in [0, 0.05) is 18.8 Å². The molecule has 1 N–H and O–H groups in total. The number of morpholine rings is 1. The van der Waals surface area contributed by atoms with Crippen molar-refractivity contribution in [2.75, 3.05) is 25.0 Å². The zero-order chi connectivity index (χ0) is 23.0. The molecule has 2 aromatic rings. The van der Waals surface area contributed by atoms with Crippen LogP contribution in [0.25, 0.3) is 0 Å². The number of nitrogens with zero attached hydrogens (tertiary/aromatic N) is 2. The van der Waals surface area contributed by atoms with Crippen LogP contribution in [0.1, 0.15) is 34.6 Å². The fraction of sp³-hybridized carbons (Fsp3) is 0.318. The van der Waals surface area contributed by atoms with Gasteiger partial charge in [0.15, 0.2) is 0 Å². The van der Waals surface area contributed by atoms with Crippen molar-refractivity contribution in [2.24, 2.45) is 0 Å². The van der Waals surface area contributed by atoms with Gasteiger partial charge in [-0.3, -0.25) is 19.3 Å². The SMILES string of the molecule is CC1CN(S(=O)(=O)c2ccc(NC(=O)CN3C(=O)c4ccccc4C3=O)cc2)CC(C)O1. The Morgan fingerprint density at radius 3 is 2.03 bits per heavy atom. The van der Waals surface area contributed by atoms with Crippen LogP contribution < -0.4 is 5.32 Å². The van der Waals surface area contributed by atoms with Gasteiger partial charge in [-0.25, -0.2) is 8.42 Å². The van der Waals surface area contributed by atoms with Crippen molar-refractivity contribution in [2.45, 2.75) is 31.0 Å². The first-order valence-electron chi connectivity index (χ1n) is 10.2. The lowest BCUT2D eigenvalue weighted by Gasteiger charge is -2.34. The third-order valence-electron chi connectivity index (χ3n) is 5.34. The molecule has 2 atom stereocenters. The molecule has 0 bridgehead atoms. The highest BCUT2D eigenvalue weighted by molar-refractivity contribution is 7.89. The molecule has 9 nitrogen and oxygen atoms in total. The maximum atomic E-state index is 12.9. The van der Waals surface area contributed by atoms with Crippen molar-refractivity contribution in [1.82, 2.24) is 9.21 Å². The first-order chi connectivity index (χ1) is 15.2. The highest BCUT2D eigenvalue weighted by Gasteiger charge is 2.36. The molecule has 2 unspecified atom stereocenters. The zero-order valence-electron chi connectivity index (χ0n) is 17.6. The summed E-state index contributed by atoms with van der Waals surface area (Å²) in [6.45, 7) is 3.75.